The Bertz CT molecular complexity index is 363. The van der Waals surface area contributed by atoms with E-state index < -0.39 is 0 Å². The second kappa shape index (κ2) is 5.60. The van der Waals surface area contributed by atoms with Crippen molar-refractivity contribution >= 4 is 0 Å². The summed E-state index contributed by atoms with van der Waals surface area (Å²) in [7, 11) is 2.01. The Morgan fingerprint density at radius 2 is 2.24 bits per heavy atom. The second-order valence-electron chi connectivity index (χ2n) is 4.42. The number of hydrogen-bond acceptors (Lipinski definition) is 4. The summed E-state index contributed by atoms with van der Waals surface area (Å²) >= 11 is 0. The molecule has 96 valence electrons. The number of aromatic nitrogens is 3. The lowest BCUT2D eigenvalue weighted by molar-refractivity contribution is 0.0333. The van der Waals surface area contributed by atoms with E-state index in [4.69, 9.17) is 4.74 Å². The SMILES string of the molecule is CCc1nc(CC)n(C2COCCC2NC)n1. The first-order valence-electron chi connectivity index (χ1n) is 6.49. The molecule has 0 saturated carbocycles. The van der Waals surface area contributed by atoms with Gasteiger partial charge in [0, 0.05) is 25.5 Å². The molecule has 5 nitrogen and oxygen atoms in total. The van der Waals surface area contributed by atoms with E-state index in [0.717, 1.165) is 44.1 Å². The molecule has 0 spiro atoms. The highest BCUT2D eigenvalue weighted by Gasteiger charge is 2.28. The Labute approximate surface area is 103 Å². The quantitative estimate of drug-likeness (QED) is 0.848. The lowest BCUT2D eigenvalue weighted by Crippen LogP contribution is -2.43. The molecule has 1 saturated heterocycles. The zero-order valence-electron chi connectivity index (χ0n) is 10.9. The summed E-state index contributed by atoms with van der Waals surface area (Å²) in [6, 6.07) is 0.706. The van der Waals surface area contributed by atoms with Crippen molar-refractivity contribution in [1.29, 1.82) is 0 Å². The first kappa shape index (κ1) is 12.5. The zero-order chi connectivity index (χ0) is 12.3. The van der Waals surface area contributed by atoms with Crippen LogP contribution in [-0.2, 0) is 17.6 Å². The zero-order valence-corrected chi connectivity index (χ0v) is 10.9. The minimum absolute atomic E-state index is 0.275. The van der Waals surface area contributed by atoms with Gasteiger partial charge in [-0.2, -0.15) is 5.10 Å². The molecular formula is C12H22N4O. The average molecular weight is 238 g/mol. The maximum Gasteiger partial charge on any atom is 0.150 e. The highest BCUT2D eigenvalue weighted by molar-refractivity contribution is 4.97. The third kappa shape index (κ3) is 2.50. The fourth-order valence-corrected chi connectivity index (χ4v) is 2.36. The molecule has 2 rings (SSSR count). The standard InChI is InChI=1S/C12H22N4O/c1-4-11-14-12(5-2)16(15-11)10-8-17-7-6-9(10)13-3/h9-10,13H,4-8H2,1-3H3. The molecule has 17 heavy (non-hydrogen) atoms. The van der Waals surface area contributed by atoms with E-state index in [-0.39, 0.29) is 6.04 Å². The topological polar surface area (TPSA) is 52.0 Å². The Morgan fingerprint density at radius 1 is 1.41 bits per heavy atom. The third-order valence-corrected chi connectivity index (χ3v) is 3.39. The van der Waals surface area contributed by atoms with Gasteiger partial charge in [-0.15, -0.1) is 0 Å². The lowest BCUT2D eigenvalue weighted by Gasteiger charge is -2.31. The van der Waals surface area contributed by atoms with Crippen LogP contribution in [0.2, 0.25) is 0 Å². The Kier molecular flexibility index (Phi) is 4.12. The molecule has 0 bridgehead atoms. The summed E-state index contributed by atoms with van der Waals surface area (Å²) < 4.78 is 7.65. The van der Waals surface area contributed by atoms with E-state index in [1.807, 2.05) is 7.05 Å². The van der Waals surface area contributed by atoms with Crippen LogP contribution in [0.4, 0.5) is 0 Å². The smallest absolute Gasteiger partial charge is 0.150 e. The van der Waals surface area contributed by atoms with Gasteiger partial charge < -0.3 is 10.1 Å². The third-order valence-electron chi connectivity index (χ3n) is 3.39. The summed E-state index contributed by atoms with van der Waals surface area (Å²) in [6.07, 6.45) is 2.84. The van der Waals surface area contributed by atoms with E-state index in [1.54, 1.807) is 0 Å². The highest BCUT2D eigenvalue weighted by atomic mass is 16.5. The summed E-state index contributed by atoms with van der Waals surface area (Å²) in [5.74, 6) is 2.00. The van der Waals surface area contributed by atoms with E-state index in [1.165, 1.54) is 0 Å². The van der Waals surface area contributed by atoms with Crippen molar-refractivity contribution in [2.24, 2.45) is 0 Å². The molecule has 0 aliphatic carbocycles. The van der Waals surface area contributed by atoms with Crippen LogP contribution in [0.25, 0.3) is 0 Å². The molecule has 2 unspecified atom stereocenters. The fraction of sp³-hybridized carbons (Fsp3) is 0.833. The molecule has 1 aliphatic heterocycles. The van der Waals surface area contributed by atoms with Crippen molar-refractivity contribution in [2.75, 3.05) is 20.3 Å². The maximum absolute atomic E-state index is 5.58. The number of hydrogen-bond donors (Lipinski definition) is 1. The van der Waals surface area contributed by atoms with Crippen molar-refractivity contribution in [3.05, 3.63) is 11.6 Å². The van der Waals surface area contributed by atoms with Crippen molar-refractivity contribution in [3.8, 4) is 0 Å². The van der Waals surface area contributed by atoms with Gasteiger partial charge in [-0.3, -0.25) is 0 Å². The van der Waals surface area contributed by atoms with Crippen LogP contribution < -0.4 is 5.32 Å². The van der Waals surface area contributed by atoms with Gasteiger partial charge in [0.05, 0.1) is 12.6 Å². The molecule has 0 radical (unpaired) electrons. The maximum atomic E-state index is 5.58. The molecule has 0 aromatic carbocycles. The molecule has 1 fully saturated rings. The second-order valence-corrected chi connectivity index (χ2v) is 4.42. The lowest BCUT2D eigenvalue weighted by atomic mass is 10.0. The minimum Gasteiger partial charge on any atom is -0.379 e. The minimum atomic E-state index is 0.275. The molecule has 0 amide bonds. The van der Waals surface area contributed by atoms with Crippen molar-refractivity contribution in [1.82, 2.24) is 20.1 Å². The van der Waals surface area contributed by atoms with Gasteiger partial charge in [0.2, 0.25) is 0 Å². The summed E-state index contributed by atoms with van der Waals surface area (Å²) in [5, 5.41) is 7.97. The molecule has 1 N–H and O–H groups in total. The molecule has 1 aromatic heterocycles. The first-order valence-corrected chi connectivity index (χ1v) is 6.49. The predicted molar refractivity (Wildman–Crippen MR) is 66.1 cm³/mol. The molecule has 5 heteroatoms. The molecule has 1 aliphatic rings. The van der Waals surface area contributed by atoms with Crippen LogP contribution in [0.15, 0.2) is 0 Å². The van der Waals surface area contributed by atoms with Crippen molar-refractivity contribution < 1.29 is 4.74 Å². The van der Waals surface area contributed by atoms with Crippen molar-refractivity contribution in [2.45, 2.75) is 45.2 Å². The van der Waals surface area contributed by atoms with Gasteiger partial charge in [-0.05, 0) is 13.5 Å². The summed E-state index contributed by atoms with van der Waals surface area (Å²) in [6.45, 7) is 5.77. The monoisotopic (exact) mass is 238 g/mol. The number of nitrogens with one attached hydrogen (secondary N) is 1. The Hall–Kier alpha value is -0.940. The van der Waals surface area contributed by atoms with Gasteiger partial charge in [0.25, 0.3) is 0 Å². The van der Waals surface area contributed by atoms with E-state index in [0.29, 0.717) is 6.04 Å². The number of likely N-dealkylation sites (N-methyl/N-ethyl adjacent to an activating group) is 1. The first-order chi connectivity index (χ1) is 8.30. The molecule has 2 atom stereocenters. The van der Waals surface area contributed by atoms with E-state index in [9.17, 15) is 0 Å². The Balaban J connectivity index is 2.26. The van der Waals surface area contributed by atoms with Crippen LogP contribution in [0.5, 0.6) is 0 Å². The largest absolute Gasteiger partial charge is 0.379 e. The average Bonchev–Trinajstić information content (AvgIpc) is 2.81. The van der Waals surface area contributed by atoms with Crippen LogP contribution in [0.3, 0.4) is 0 Å². The van der Waals surface area contributed by atoms with Crippen LogP contribution >= 0.6 is 0 Å². The van der Waals surface area contributed by atoms with Gasteiger partial charge in [-0.25, -0.2) is 9.67 Å². The molecule has 1 aromatic rings. The van der Waals surface area contributed by atoms with Gasteiger partial charge in [-0.1, -0.05) is 13.8 Å². The van der Waals surface area contributed by atoms with Gasteiger partial charge in [0.15, 0.2) is 5.82 Å². The number of rotatable bonds is 4. The predicted octanol–water partition coefficient (Wildman–Crippen LogP) is 0.952. The number of nitrogens with zero attached hydrogens (tertiary/aromatic N) is 3. The number of aryl methyl sites for hydroxylation is 2. The highest BCUT2D eigenvalue weighted by Crippen LogP contribution is 2.21. The van der Waals surface area contributed by atoms with E-state index >= 15 is 0 Å². The normalized spacial score (nSPS) is 25.1. The molecule has 2 heterocycles. The Morgan fingerprint density at radius 3 is 2.88 bits per heavy atom. The van der Waals surface area contributed by atoms with Crippen LogP contribution in [0, 0.1) is 0 Å². The van der Waals surface area contributed by atoms with Crippen molar-refractivity contribution in [3.63, 3.8) is 0 Å². The van der Waals surface area contributed by atoms with E-state index in [2.05, 4.69) is 33.9 Å². The van der Waals surface area contributed by atoms with Gasteiger partial charge in [0.1, 0.15) is 5.82 Å². The van der Waals surface area contributed by atoms with Crippen LogP contribution in [0.1, 0.15) is 38.0 Å². The molecular weight excluding hydrogens is 216 g/mol. The fourth-order valence-electron chi connectivity index (χ4n) is 2.36. The van der Waals surface area contributed by atoms with Gasteiger partial charge >= 0.3 is 0 Å². The summed E-state index contributed by atoms with van der Waals surface area (Å²) in [5.41, 5.74) is 0. The number of ether oxygens (including phenoxy) is 1. The summed E-state index contributed by atoms with van der Waals surface area (Å²) in [4.78, 5) is 4.56. The van der Waals surface area contributed by atoms with Crippen LogP contribution in [-0.4, -0.2) is 41.1 Å².